The van der Waals surface area contributed by atoms with E-state index in [1.807, 2.05) is 37.3 Å². The Morgan fingerprint density at radius 1 is 1.05 bits per heavy atom. The molecule has 1 aliphatic rings. The second kappa shape index (κ2) is 5.26. The molecule has 0 saturated carbocycles. The van der Waals surface area contributed by atoms with Gasteiger partial charge in [-0.3, -0.25) is 0 Å². The maximum atomic E-state index is 12.7. The summed E-state index contributed by atoms with van der Waals surface area (Å²) in [4.78, 5) is 0.269. The number of hydrogen-bond donors (Lipinski definition) is 1. The normalized spacial score (nSPS) is 24.8. The average molecular weight is 303 g/mol. The highest BCUT2D eigenvalue weighted by Gasteiger charge is 2.55. The standard InChI is InChI=1S/C16H17NO3S/c1-12-7-9-14(10-8-12)21(19,20)17-15(11-18)16(17)13-5-3-2-4-6-13/h2-10,15-16,18H,11H2,1H3/t15-,16+,17?/m1/s1. The number of aryl methyl sites for hydroxylation is 1. The first-order chi connectivity index (χ1) is 10.1. The molecule has 0 bridgehead atoms. The molecule has 1 aliphatic heterocycles. The van der Waals surface area contributed by atoms with E-state index < -0.39 is 10.0 Å². The average Bonchev–Trinajstić information content (AvgIpc) is 3.24. The zero-order valence-corrected chi connectivity index (χ0v) is 12.5. The van der Waals surface area contributed by atoms with Crippen molar-refractivity contribution in [1.82, 2.24) is 4.31 Å². The number of sulfonamides is 1. The van der Waals surface area contributed by atoms with Crippen LogP contribution in [0.2, 0.25) is 0 Å². The number of nitrogens with zero attached hydrogens (tertiary/aromatic N) is 1. The summed E-state index contributed by atoms with van der Waals surface area (Å²) < 4.78 is 26.7. The first-order valence-corrected chi connectivity index (χ1v) is 8.26. The van der Waals surface area contributed by atoms with Gasteiger partial charge in [0.1, 0.15) is 0 Å². The van der Waals surface area contributed by atoms with Crippen molar-refractivity contribution in [2.24, 2.45) is 0 Å². The zero-order valence-electron chi connectivity index (χ0n) is 11.7. The van der Waals surface area contributed by atoms with Crippen molar-refractivity contribution in [3.8, 4) is 0 Å². The predicted octanol–water partition coefficient (Wildman–Crippen LogP) is 2.10. The fourth-order valence-corrected chi connectivity index (χ4v) is 4.39. The van der Waals surface area contributed by atoms with E-state index in [9.17, 15) is 13.5 Å². The largest absolute Gasteiger partial charge is 0.395 e. The van der Waals surface area contributed by atoms with Crippen LogP contribution >= 0.6 is 0 Å². The molecule has 5 heteroatoms. The Kier molecular flexibility index (Phi) is 3.57. The molecule has 1 saturated heterocycles. The lowest BCUT2D eigenvalue weighted by molar-refractivity contribution is 0.286. The molecule has 1 unspecified atom stereocenters. The molecule has 21 heavy (non-hydrogen) atoms. The molecule has 4 nitrogen and oxygen atoms in total. The van der Waals surface area contributed by atoms with Crippen LogP contribution in [0.4, 0.5) is 0 Å². The van der Waals surface area contributed by atoms with Crippen molar-refractivity contribution >= 4 is 10.0 Å². The molecule has 3 atom stereocenters. The number of rotatable bonds is 4. The van der Waals surface area contributed by atoms with Crippen molar-refractivity contribution in [3.05, 3.63) is 65.7 Å². The third kappa shape index (κ3) is 2.48. The third-order valence-corrected chi connectivity index (χ3v) is 5.72. The highest BCUT2D eigenvalue weighted by atomic mass is 32.2. The number of benzene rings is 2. The summed E-state index contributed by atoms with van der Waals surface area (Å²) in [6.07, 6.45) is 0. The van der Waals surface area contributed by atoms with Gasteiger partial charge in [-0.25, -0.2) is 8.42 Å². The van der Waals surface area contributed by atoms with Gasteiger partial charge in [0.25, 0.3) is 0 Å². The van der Waals surface area contributed by atoms with Crippen molar-refractivity contribution in [2.75, 3.05) is 6.61 Å². The molecule has 0 radical (unpaired) electrons. The van der Waals surface area contributed by atoms with Gasteiger partial charge in [0.15, 0.2) is 0 Å². The van der Waals surface area contributed by atoms with Crippen LogP contribution in [-0.4, -0.2) is 30.5 Å². The Morgan fingerprint density at radius 3 is 2.24 bits per heavy atom. The molecule has 110 valence electrons. The van der Waals surface area contributed by atoms with Crippen molar-refractivity contribution in [2.45, 2.75) is 23.9 Å². The molecule has 3 rings (SSSR count). The van der Waals surface area contributed by atoms with E-state index in [0.717, 1.165) is 11.1 Å². The summed E-state index contributed by atoms with van der Waals surface area (Å²) >= 11 is 0. The second-order valence-corrected chi connectivity index (χ2v) is 7.10. The maximum Gasteiger partial charge on any atom is 0.244 e. The summed E-state index contributed by atoms with van der Waals surface area (Å²) in [5.74, 6) is 0. The quantitative estimate of drug-likeness (QED) is 0.880. The summed E-state index contributed by atoms with van der Waals surface area (Å²) in [7, 11) is -3.57. The molecule has 2 aromatic rings. The molecule has 0 aromatic heterocycles. The Hall–Kier alpha value is -1.69. The molecular formula is C16H17NO3S. The first kappa shape index (κ1) is 14.3. The number of hydrogen-bond acceptors (Lipinski definition) is 3. The molecule has 0 aliphatic carbocycles. The lowest BCUT2D eigenvalue weighted by Crippen LogP contribution is -2.16. The summed E-state index contributed by atoms with van der Waals surface area (Å²) in [5, 5.41) is 9.46. The lowest BCUT2D eigenvalue weighted by Gasteiger charge is -2.07. The van der Waals surface area contributed by atoms with Gasteiger partial charge in [-0.05, 0) is 24.6 Å². The van der Waals surface area contributed by atoms with Crippen molar-refractivity contribution in [1.29, 1.82) is 0 Å². The van der Waals surface area contributed by atoms with Crippen LogP contribution in [-0.2, 0) is 10.0 Å². The van der Waals surface area contributed by atoms with E-state index in [1.165, 1.54) is 4.31 Å². The van der Waals surface area contributed by atoms with Crippen LogP contribution in [0, 0.1) is 6.92 Å². The zero-order chi connectivity index (χ0) is 15.0. The van der Waals surface area contributed by atoms with Crippen LogP contribution in [0.1, 0.15) is 17.2 Å². The minimum absolute atomic E-state index is 0.176. The first-order valence-electron chi connectivity index (χ1n) is 6.81. The van der Waals surface area contributed by atoms with E-state index in [2.05, 4.69) is 0 Å². The summed E-state index contributed by atoms with van der Waals surface area (Å²) in [6, 6.07) is 15.5. The van der Waals surface area contributed by atoms with Gasteiger partial charge in [0.05, 0.1) is 23.6 Å². The van der Waals surface area contributed by atoms with Crippen LogP contribution < -0.4 is 0 Å². The van der Waals surface area contributed by atoms with E-state index in [-0.39, 0.29) is 23.6 Å². The molecule has 0 amide bonds. The highest BCUT2D eigenvalue weighted by Crippen LogP contribution is 2.47. The number of aliphatic hydroxyl groups excluding tert-OH is 1. The van der Waals surface area contributed by atoms with Gasteiger partial charge in [0, 0.05) is 0 Å². The smallest absolute Gasteiger partial charge is 0.244 e. The summed E-state index contributed by atoms with van der Waals surface area (Å²) in [5.41, 5.74) is 1.92. The summed E-state index contributed by atoms with van der Waals surface area (Å²) in [6.45, 7) is 1.74. The number of aliphatic hydroxyl groups is 1. The van der Waals surface area contributed by atoms with Crippen molar-refractivity contribution in [3.63, 3.8) is 0 Å². The van der Waals surface area contributed by atoms with E-state index in [0.29, 0.717) is 0 Å². The SMILES string of the molecule is Cc1ccc(S(=O)(=O)N2[C@H](CO)[C@@H]2c2ccccc2)cc1. The Bertz CT molecular complexity index is 726. The predicted molar refractivity (Wildman–Crippen MR) is 80.3 cm³/mol. The van der Waals surface area contributed by atoms with Gasteiger partial charge < -0.3 is 5.11 Å². The Balaban J connectivity index is 1.94. The van der Waals surface area contributed by atoms with E-state index >= 15 is 0 Å². The Labute approximate surface area is 124 Å². The highest BCUT2D eigenvalue weighted by molar-refractivity contribution is 7.89. The monoisotopic (exact) mass is 303 g/mol. The van der Waals surface area contributed by atoms with Gasteiger partial charge in [-0.2, -0.15) is 4.31 Å². The van der Waals surface area contributed by atoms with Gasteiger partial charge in [0.2, 0.25) is 10.0 Å². The minimum Gasteiger partial charge on any atom is -0.395 e. The van der Waals surface area contributed by atoms with Gasteiger partial charge in [-0.15, -0.1) is 0 Å². The Morgan fingerprint density at radius 2 is 1.67 bits per heavy atom. The van der Waals surface area contributed by atoms with E-state index in [1.54, 1.807) is 24.3 Å². The van der Waals surface area contributed by atoms with Crippen LogP contribution in [0.15, 0.2) is 59.5 Å². The lowest BCUT2D eigenvalue weighted by atomic mass is 10.1. The fraction of sp³-hybridized carbons (Fsp3) is 0.250. The topological polar surface area (TPSA) is 57.4 Å². The molecule has 1 heterocycles. The maximum absolute atomic E-state index is 12.7. The van der Waals surface area contributed by atoms with Crippen LogP contribution in [0.5, 0.6) is 0 Å². The van der Waals surface area contributed by atoms with Gasteiger partial charge >= 0.3 is 0 Å². The van der Waals surface area contributed by atoms with Crippen LogP contribution in [0.3, 0.4) is 0 Å². The minimum atomic E-state index is -3.57. The van der Waals surface area contributed by atoms with Crippen molar-refractivity contribution < 1.29 is 13.5 Å². The third-order valence-electron chi connectivity index (χ3n) is 3.80. The van der Waals surface area contributed by atoms with E-state index in [4.69, 9.17) is 0 Å². The second-order valence-electron chi connectivity index (χ2n) is 5.25. The molecule has 1 N–H and O–H groups in total. The van der Waals surface area contributed by atoms with Crippen LogP contribution in [0.25, 0.3) is 0 Å². The molecule has 2 aromatic carbocycles. The molecule has 1 fully saturated rings. The molecular weight excluding hydrogens is 286 g/mol. The molecule has 0 spiro atoms. The van der Waals surface area contributed by atoms with Gasteiger partial charge in [-0.1, -0.05) is 48.0 Å². The fourth-order valence-electron chi connectivity index (χ4n) is 2.62.